The summed E-state index contributed by atoms with van der Waals surface area (Å²) in [5.74, 6) is -0.735. The fourth-order valence-electron chi connectivity index (χ4n) is 2.13. The lowest BCUT2D eigenvalue weighted by Crippen LogP contribution is -2.41. The number of likely N-dealkylation sites (tertiary alicyclic amines) is 1. The van der Waals surface area contributed by atoms with Crippen LogP contribution in [-0.4, -0.2) is 61.9 Å². The number of carboxylic acids is 1. The summed E-state index contributed by atoms with van der Waals surface area (Å²) < 4.78 is -0.244. The molecule has 5 nitrogen and oxygen atoms in total. The van der Waals surface area contributed by atoms with Crippen LogP contribution in [0.3, 0.4) is 0 Å². The number of carbonyl (C=O) groups excluding carboxylic acids is 2. The average Bonchev–Trinajstić information content (AvgIpc) is 2.79. The van der Waals surface area contributed by atoms with Gasteiger partial charge in [0.1, 0.15) is 6.04 Å². The van der Waals surface area contributed by atoms with Gasteiger partial charge in [-0.2, -0.15) is 0 Å². The highest BCUT2D eigenvalue weighted by Gasteiger charge is 2.48. The summed E-state index contributed by atoms with van der Waals surface area (Å²) in [4.78, 5) is 35.8. The van der Waals surface area contributed by atoms with Crippen molar-refractivity contribution in [3.63, 3.8) is 0 Å². The van der Waals surface area contributed by atoms with Gasteiger partial charge in [0.2, 0.25) is 5.91 Å². The van der Waals surface area contributed by atoms with Crippen molar-refractivity contribution in [2.45, 2.75) is 29.9 Å². The summed E-state index contributed by atoms with van der Waals surface area (Å²) in [5.41, 5.74) is 0. The van der Waals surface area contributed by atoms with E-state index in [2.05, 4.69) is 0 Å². The second kappa shape index (κ2) is 7.61. The number of thioether (sulfide) groups is 3. The van der Waals surface area contributed by atoms with E-state index in [4.69, 9.17) is 0 Å². The molecule has 1 fully saturated rings. The predicted octanol–water partition coefficient (Wildman–Crippen LogP) is 1.76. The van der Waals surface area contributed by atoms with Crippen LogP contribution < -0.4 is 0 Å². The Morgan fingerprint density at radius 1 is 1.30 bits per heavy atom. The van der Waals surface area contributed by atoms with Crippen LogP contribution in [0.2, 0.25) is 0 Å². The van der Waals surface area contributed by atoms with E-state index in [0.29, 0.717) is 18.7 Å². The zero-order chi connectivity index (χ0) is 15.3. The van der Waals surface area contributed by atoms with Crippen LogP contribution >= 0.6 is 35.3 Å². The number of hydrogen-bond donors (Lipinski definition) is 1. The molecular weight excluding hydrogens is 318 g/mol. The Morgan fingerprint density at radius 3 is 2.35 bits per heavy atom. The first-order valence-electron chi connectivity index (χ1n) is 6.11. The van der Waals surface area contributed by atoms with Crippen LogP contribution in [0.5, 0.6) is 0 Å². The molecule has 0 aliphatic carbocycles. The molecule has 1 aliphatic heterocycles. The average molecular weight is 337 g/mol. The Bertz CT molecular complexity index is 398. The molecule has 8 heteroatoms. The van der Waals surface area contributed by atoms with E-state index in [0.717, 1.165) is 11.8 Å². The second-order valence-electron chi connectivity index (χ2n) is 4.49. The fourth-order valence-corrected chi connectivity index (χ4v) is 4.54. The molecule has 0 spiro atoms. The van der Waals surface area contributed by atoms with E-state index in [-0.39, 0.29) is 21.5 Å². The van der Waals surface area contributed by atoms with Crippen molar-refractivity contribution in [1.82, 2.24) is 4.90 Å². The molecule has 1 rings (SSSR count). The van der Waals surface area contributed by atoms with Gasteiger partial charge in [-0.05, 0) is 12.5 Å². The topological polar surface area (TPSA) is 74.7 Å². The van der Waals surface area contributed by atoms with Crippen molar-refractivity contribution < 1.29 is 19.5 Å². The van der Waals surface area contributed by atoms with Gasteiger partial charge in [0.15, 0.2) is 5.12 Å². The molecule has 1 amide bonds. The minimum absolute atomic E-state index is 0.0309. The monoisotopic (exact) mass is 337 g/mol. The number of nitrogens with zero attached hydrogens (tertiary/aromatic N) is 1. The Labute approximate surface area is 131 Å². The Kier molecular flexibility index (Phi) is 6.74. The molecule has 0 saturated carbocycles. The number of hydrogen-bond acceptors (Lipinski definition) is 6. The van der Waals surface area contributed by atoms with Crippen LogP contribution in [-0.2, 0) is 14.4 Å². The van der Waals surface area contributed by atoms with Crippen LogP contribution in [0.25, 0.3) is 0 Å². The van der Waals surface area contributed by atoms with Gasteiger partial charge in [-0.3, -0.25) is 9.59 Å². The zero-order valence-corrected chi connectivity index (χ0v) is 14.2. The number of carbonyl (C=O) groups is 3. The third kappa shape index (κ3) is 4.33. The first-order valence-corrected chi connectivity index (χ1v) is 9.54. The van der Waals surface area contributed by atoms with E-state index in [9.17, 15) is 19.5 Å². The largest absolute Gasteiger partial charge is 0.480 e. The first kappa shape index (κ1) is 17.7. The van der Waals surface area contributed by atoms with E-state index in [1.807, 2.05) is 12.5 Å². The number of carboxylic acid groups (broad SMARTS) is 1. The van der Waals surface area contributed by atoms with Crippen molar-refractivity contribution >= 4 is 52.3 Å². The third-order valence-electron chi connectivity index (χ3n) is 3.26. The summed E-state index contributed by atoms with van der Waals surface area (Å²) >= 11 is 4.29. The maximum absolute atomic E-state index is 12.2. The van der Waals surface area contributed by atoms with E-state index < -0.39 is 12.0 Å². The van der Waals surface area contributed by atoms with Gasteiger partial charge in [-0.1, -0.05) is 11.8 Å². The second-order valence-corrected chi connectivity index (χ2v) is 8.40. The minimum Gasteiger partial charge on any atom is -0.480 e. The fraction of sp³-hybridized carbons (Fsp3) is 0.750. The van der Waals surface area contributed by atoms with Gasteiger partial charge in [-0.15, -0.1) is 23.5 Å². The molecule has 0 radical (unpaired) electrons. The van der Waals surface area contributed by atoms with Crippen molar-refractivity contribution in [3.05, 3.63) is 0 Å². The highest BCUT2D eigenvalue weighted by Crippen LogP contribution is 2.45. The normalized spacial score (nSPS) is 20.9. The highest BCUT2D eigenvalue weighted by atomic mass is 32.2. The molecule has 20 heavy (non-hydrogen) atoms. The predicted molar refractivity (Wildman–Crippen MR) is 85.3 cm³/mol. The van der Waals surface area contributed by atoms with Crippen LogP contribution in [0.4, 0.5) is 0 Å². The quantitative estimate of drug-likeness (QED) is 0.740. The molecule has 1 atom stereocenters. The lowest BCUT2D eigenvalue weighted by atomic mass is 10.2. The Hall–Kier alpha value is -0.340. The van der Waals surface area contributed by atoms with Crippen molar-refractivity contribution in [1.29, 1.82) is 0 Å². The van der Waals surface area contributed by atoms with Gasteiger partial charge in [0.25, 0.3) is 0 Å². The molecule has 0 bridgehead atoms. The van der Waals surface area contributed by atoms with E-state index in [1.165, 1.54) is 11.8 Å². The van der Waals surface area contributed by atoms with Crippen LogP contribution in [0.15, 0.2) is 0 Å². The van der Waals surface area contributed by atoms with Crippen LogP contribution in [0.1, 0.15) is 19.8 Å². The summed E-state index contributed by atoms with van der Waals surface area (Å²) in [5, 5.41) is 9.27. The van der Waals surface area contributed by atoms with E-state index >= 15 is 0 Å². The summed E-state index contributed by atoms with van der Waals surface area (Å²) in [6, 6.07) is -0.760. The van der Waals surface area contributed by atoms with Gasteiger partial charge in [-0.25, -0.2) is 4.79 Å². The molecule has 1 aliphatic rings. The van der Waals surface area contributed by atoms with Crippen molar-refractivity contribution in [2.75, 3.05) is 24.8 Å². The smallest absolute Gasteiger partial charge is 0.326 e. The molecule has 0 unspecified atom stereocenters. The lowest BCUT2D eigenvalue weighted by molar-refractivity contribution is -0.148. The Balaban J connectivity index is 2.72. The summed E-state index contributed by atoms with van der Waals surface area (Å²) in [6.07, 6.45) is 4.53. The van der Waals surface area contributed by atoms with Crippen molar-refractivity contribution in [2.24, 2.45) is 0 Å². The molecule has 0 aromatic rings. The lowest BCUT2D eigenvalue weighted by Gasteiger charge is -2.25. The third-order valence-corrected chi connectivity index (χ3v) is 7.16. The van der Waals surface area contributed by atoms with E-state index in [1.54, 1.807) is 23.5 Å². The number of aliphatic carboxylic acids is 1. The van der Waals surface area contributed by atoms with Gasteiger partial charge < -0.3 is 10.0 Å². The summed E-state index contributed by atoms with van der Waals surface area (Å²) in [6.45, 7) is 1.90. The van der Waals surface area contributed by atoms with Crippen molar-refractivity contribution in [3.8, 4) is 0 Å². The Morgan fingerprint density at radius 2 is 1.90 bits per heavy atom. The molecule has 114 valence electrons. The van der Waals surface area contributed by atoms with Crippen LogP contribution in [0, 0.1) is 0 Å². The molecular formula is C12H19NO4S3. The van der Waals surface area contributed by atoms with Gasteiger partial charge in [0.05, 0.1) is 4.08 Å². The SMILES string of the molecule is CSC1(SC)C[C@@H](C(=O)O)N(C(=O)CCSC(C)=O)C1. The molecule has 0 aromatic carbocycles. The molecule has 1 heterocycles. The highest BCUT2D eigenvalue weighted by molar-refractivity contribution is 8.17. The van der Waals surface area contributed by atoms with Gasteiger partial charge >= 0.3 is 5.97 Å². The zero-order valence-electron chi connectivity index (χ0n) is 11.7. The first-order chi connectivity index (χ1) is 9.35. The number of amides is 1. The summed E-state index contributed by atoms with van der Waals surface area (Å²) in [7, 11) is 0. The molecule has 0 aromatic heterocycles. The number of rotatable bonds is 6. The maximum atomic E-state index is 12.2. The minimum atomic E-state index is -0.956. The molecule has 1 saturated heterocycles. The maximum Gasteiger partial charge on any atom is 0.326 e. The van der Waals surface area contributed by atoms with Gasteiger partial charge in [0, 0.05) is 32.1 Å². The molecule has 1 N–H and O–H groups in total. The standard InChI is InChI=1S/C12H19NO4S3/c1-8(14)20-5-4-10(15)13-7-12(18-2,19-3)6-9(13)11(16)17/h9H,4-7H2,1-3H3,(H,16,17)/t9-/m0/s1.